The quantitative estimate of drug-likeness (QED) is 0.757. The Hall–Kier alpha value is -1.46. The van der Waals surface area contributed by atoms with Crippen molar-refractivity contribution in [2.24, 2.45) is 0 Å². The zero-order chi connectivity index (χ0) is 18.6. The van der Waals surface area contributed by atoms with E-state index in [0.717, 1.165) is 24.4 Å². The lowest BCUT2D eigenvalue weighted by atomic mass is 9.87. The third-order valence-electron chi connectivity index (χ3n) is 4.57. The van der Waals surface area contributed by atoms with Crippen molar-refractivity contribution in [1.82, 2.24) is 9.80 Å². The van der Waals surface area contributed by atoms with Gasteiger partial charge in [0.15, 0.2) is 0 Å². The molecule has 0 aromatic heterocycles. The first kappa shape index (κ1) is 22.6. The SMILES string of the molecule is CC(COc1cc(OC(=O)N(C)C)cc(C(C)(C)C)c1)N1CCCC1.Cl. The van der Waals surface area contributed by atoms with Crippen LogP contribution >= 0.6 is 12.4 Å². The van der Waals surface area contributed by atoms with Crippen LogP contribution in [-0.4, -0.2) is 55.7 Å². The highest BCUT2D eigenvalue weighted by atomic mass is 35.5. The molecule has 1 saturated heterocycles. The highest BCUT2D eigenvalue weighted by Crippen LogP contribution is 2.31. The summed E-state index contributed by atoms with van der Waals surface area (Å²) in [6.45, 7) is 11.5. The molecular weight excluding hydrogens is 352 g/mol. The predicted molar refractivity (Wildman–Crippen MR) is 108 cm³/mol. The maximum Gasteiger partial charge on any atom is 0.414 e. The molecule has 0 N–H and O–H groups in total. The third-order valence-corrected chi connectivity index (χ3v) is 4.57. The Morgan fingerprint density at radius 1 is 1.15 bits per heavy atom. The van der Waals surface area contributed by atoms with Crippen LogP contribution in [0.15, 0.2) is 18.2 Å². The highest BCUT2D eigenvalue weighted by molar-refractivity contribution is 5.85. The van der Waals surface area contributed by atoms with Gasteiger partial charge in [0.1, 0.15) is 18.1 Å². The lowest BCUT2D eigenvalue weighted by Crippen LogP contribution is -2.34. The molecule has 0 saturated carbocycles. The lowest BCUT2D eigenvalue weighted by Gasteiger charge is -2.25. The molecule has 26 heavy (non-hydrogen) atoms. The van der Waals surface area contributed by atoms with E-state index < -0.39 is 0 Å². The van der Waals surface area contributed by atoms with E-state index in [1.165, 1.54) is 17.7 Å². The van der Waals surface area contributed by atoms with Crippen LogP contribution in [-0.2, 0) is 5.41 Å². The van der Waals surface area contributed by atoms with Gasteiger partial charge >= 0.3 is 6.09 Å². The van der Waals surface area contributed by atoms with Gasteiger partial charge in [-0.2, -0.15) is 0 Å². The van der Waals surface area contributed by atoms with Crippen molar-refractivity contribution in [3.05, 3.63) is 23.8 Å². The van der Waals surface area contributed by atoms with Gasteiger partial charge in [0.25, 0.3) is 0 Å². The zero-order valence-corrected chi connectivity index (χ0v) is 17.7. The van der Waals surface area contributed by atoms with Crippen LogP contribution < -0.4 is 9.47 Å². The summed E-state index contributed by atoms with van der Waals surface area (Å²) in [4.78, 5) is 15.8. The molecule has 1 aromatic carbocycles. The molecule has 1 atom stereocenters. The van der Waals surface area contributed by atoms with Gasteiger partial charge in [0.2, 0.25) is 0 Å². The van der Waals surface area contributed by atoms with Crippen LogP contribution in [0, 0.1) is 0 Å². The average Bonchev–Trinajstić information content (AvgIpc) is 3.06. The number of carbonyl (C=O) groups excluding carboxylic acids is 1. The van der Waals surface area contributed by atoms with Gasteiger partial charge in [-0.25, -0.2) is 4.79 Å². The summed E-state index contributed by atoms with van der Waals surface area (Å²) in [6.07, 6.45) is 2.16. The molecule has 1 heterocycles. The topological polar surface area (TPSA) is 42.0 Å². The van der Waals surface area contributed by atoms with Crippen LogP contribution in [0.25, 0.3) is 0 Å². The van der Waals surface area contributed by atoms with Gasteiger partial charge in [-0.3, -0.25) is 4.90 Å². The van der Waals surface area contributed by atoms with Crippen molar-refractivity contribution in [1.29, 1.82) is 0 Å². The van der Waals surface area contributed by atoms with Crippen molar-refractivity contribution in [3.63, 3.8) is 0 Å². The number of nitrogens with zero attached hydrogens (tertiary/aromatic N) is 2. The van der Waals surface area contributed by atoms with Crippen molar-refractivity contribution < 1.29 is 14.3 Å². The Morgan fingerprint density at radius 3 is 2.27 bits per heavy atom. The monoisotopic (exact) mass is 384 g/mol. The van der Waals surface area contributed by atoms with E-state index in [2.05, 4.69) is 32.6 Å². The van der Waals surface area contributed by atoms with E-state index in [4.69, 9.17) is 9.47 Å². The number of benzene rings is 1. The first-order valence-electron chi connectivity index (χ1n) is 9.08. The second-order valence-electron chi connectivity index (χ2n) is 8.11. The summed E-state index contributed by atoms with van der Waals surface area (Å²) in [5.74, 6) is 1.27. The lowest BCUT2D eigenvalue weighted by molar-refractivity contribution is 0.168. The van der Waals surface area contributed by atoms with Crippen molar-refractivity contribution in [3.8, 4) is 11.5 Å². The molecule has 0 spiro atoms. The van der Waals surface area contributed by atoms with Crippen LogP contribution in [0.3, 0.4) is 0 Å². The number of likely N-dealkylation sites (tertiary alicyclic amines) is 1. The summed E-state index contributed by atoms with van der Waals surface area (Å²) in [7, 11) is 3.34. The van der Waals surface area contributed by atoms with E-state index in [1.807, 2.05) is 12.1 Å². The van der Waals surface area contributed by atoms with E-state index in [9.17, 15) is 4.79 Å². The van der Waals surface area contributed by atoms with Gasteiger partial charge < -0.3 is 14.4 Å². The second kappa shape index (κ2) is 9.47. The first-order valence-corrected chi connectivity index (χ1v) is 9.08. The summed E-state index contributed by atoms with van der Waals surface area (Å²) < 4.78 is 11.5. The molecular formula is C20H33ClN2O3. The standard InChI is InChI=1S/C20H32N2O3.ClH/c1-15(22-9-7-8-10-22)14-24-17-11-16(20(2,3)4)12-18(13-17)25-19(23)21(5)6;/h11-13,15H,7-10,14H2,1-6H3;1H. The average molecular weight is 385 g/mol. The maximum absolute atomic E-state index is 11.9. The van der Waals surface area contributed by atoms with Crippen molar-refractivity contribution >= 4 is 18.5 Å². The van der Waals surface area contributed by atoms with Crippen LogP contribution in [0.4, 0.5) is 4.79 Å². The molecule has 1 fully saturated rings. The number of hydrogen-bond acceptors (Lipinski definition) is 4. The fraction of sp³-hybridized carbons (Fsp3) is 0.650. The summed E-state index contributed by atoms with van der Waals surface area (Å²) in [6, 6.07) is 6.14. The van der Waals surface area contributed by atoms with Gasteiger partial charge in [0, 0.05) is 26.2 Å². The minimum absolute atomic E-state index is 0. The van der Waals surface area contributed by atoms with E-state index in [-0.39, 0.29) is 23.9 Å². The minimum atomic E-state index is -0.387. The Morgan fingerprint density at radius 2 is 1.73 bits per heavy atom. The first-order chi connectivity index (χ1) is 11.7. The van der Waals surface area contributed by atoms with Gasteiger partial charge in [-0.05, 0) is 56.0 Å². The van der Waals surface area contributed by atoms with Gasteiger partial charge in [0.05, 0.1) is 0 Å². The van der Waals surface area contributed by atoms with Crippen molar-refractivity contribution in [2.75, 3.05) is 33.8 Å². The Labute approximate surface area is 164 Å². The number of halogens is 1. The van der Waals surface area contributed by atoms with Crippen molar-refractivity contribution in [2.45, 2.75) is 52.0 Å². The fourth-order valence-electron chi connectivity index (χ4n) is 2.84. The molecule has 2 rings (SSSR count). The molecule has 0 radical (unpaired) electrons. The number of ether oxygens (including phenoxy) is 2. The largest absolute Gasteiger partial charge is 0.492 e. The zero-order valence-electron chi connectivity index (χ0n) is 16.9. The molecule has 1 aliphatic heterocycles. The number of rotatable bonds is 5. The molecule has 1 amide bonds. The molecule has 148 valence electrons. The van der Waals surface area contributed by atoms with E-state index in [1.54, 1.807) is 20.2 Å². The van der Waals surface area contributed by atoms with Gasteiger partial charge in [-0.15, -0.1) is 12.4 Å². The van der Waals surface area contributed by atoms with Gasteiger partial charge in [-0.1, -0.05) is 20.8 Å². The van der Waals surface area contributed by atoms with E-state index in [0.29, 0.717) is 18.4 Å². The Bertz CT molecular complexity index is 593. The summed E-state index contributed by atoms with van der Waals surface area (Å²) in [5.41, 5.74) is 1.03. The molecule has 0 bridgehead atoms. The predicted octanol–water partition coefficient (Wildman–Crippen LogP) is 4.33. The Balaban J connectivity index is 0.00000338. The van der Waals surface area contributed by atoms with Crippen LogP contribution in [0.1, 0.15) is 46.1 Å². The molecule has 1 aromatic rings. The summed E-state index contributed by atoms with van der Waals surface area (Å²) >= 11 is 0. The normalized spacial score (nSPS) is 15.9. The third kappa shape index (κ3) is 6.36. The number of amides is 1. The molecule has 6 heteroatoms. The molecule has 0 aliphatic carbocycles. The maximum atomic E-state index is 11.9. The van der Waals surface area contributed by atoms with E-state index >= 15 is 0 Å². The van der Waals surface area contributed by atoms with Crippen LogP contribution in [0.5, 0.6) is 11.5 Å². The smallest absolute Gasteiger partial charge is 0.414 e. The minimum Gasteiger partial charge on any atom is -0.492 e. The summed E-state index contributed by atoms with van der Waals surface area (Å²) in [5, 5.41) is 0. The second-order valence-corrected chi connectivity index (χ2v) is 8.11. The fourth-order valence-corrected chi connectivity index (χ4v) is 2.84. The Kier molecular flexibility index (Phi) is 8.22. The molecule has 1 aliphatic rings. The molecule has 5 nitrogen and oxygen atoms in total. The highest BCUT2D eigenvalue weighted by Gasteiger charge is 2.20. The van der Waals surface area contributed by atoms with Crippen LogP contribution in [0.2, 0.25) is 0 Å². The molecule has 1 unspecified atom stereocenters. The number of hydrogen-bond donors (Lipinski definition) is 0. The number of carbonyl (C=O) groups is 1.